The van der Waals surface area contributed by atoms with E-state index in [-0.39, 0.29) is 23.7 Å². The average Bonchev–Trinajstić information content (AvgIpc) is 2.26. The molecule has 1 rings (SSSR count). The second kappa shape index (κ2) is 6.07. The van der Waals surface area contributed by atoms with Gasteiger partial charge in [-0.2, -0.15) is 13.2 Å². The molecule has 0 radical (unpaired) electrons. The summed E-state index contributed by atoms with van der Waals surface area (Å²) in [6.07, 6.45) is -4.57. The van der Waals surface area contributed by atoms with Crippen LogP contribution >= 0.6 is 12.4 Å². The number of methoxy groups -OCH3 is 1. The second-order valence-corrected chi connectivity index (χ2v) is 3.21. The van der Waals surface area contributed by atoms with Crippen LogP contribution in [0.15, 0.2) is 18.2 Å². The number of ether oxygens (including phenoxy) is 1. The van der Waals surface area contributed by atoms with Crippen molar-refractivity contribution in [2.45, 2.75) is 12.2 Å². The van der Waals surface area contributed by atoms with Gasteiger partial charge in [-0.1, -0.05) is 6.07 Å². The first-order valence-corrected chi connectivity index (χ1v) is 4.46. The van der Waals surface area contributed by atoms with Crippen LogP contribution in [0.1, 0.15) is 17.2 Å². The lowest BCUT2D eigenvalue weighted by Crippen LogP contribution is -2.19. The van der Waals surface area contributed by atoms with Crippen LogP contribution in [0.4, 0.5) is 17.6 Å². The lowest BCUT2D eigenvalue weighted by atomic mass is 10.0. The van der Waals surface area contributed by atoms with Gasteiger partial charge >= 0.3 is 6.18 Å². The standard InChI is InChI=1S/C10H11F4NO.ClH/c1-16-6-2-3-7(9(15)5-11)8(4-6)10(12,13)14;/h2-4,9H,5,15H2,1H3;1H/t9-;/m1./s1. The van der Waals surface area contributed by atoms with Crippen LogP contribution in [0.5, 0.6) is 5.75 Å². The van der Waals surface area contributed by atoms with Crippen molar-refractivity contribution in [2.24, 2.45) is 5.73 Å². The monoisotopic (exact) mass is 273 g/mol. The zero-order valence-corrected chi connectivity index (χ0v) is 9.74. The van der Waals surface area contributed by atoms with Crippen molar-refractivity contribution >= 4 is 12.4 Å². The first kappa shape index (κ1) is 16.0. The smallest absolute Gasteiger partial charge is 0.416 e. The van der Waals surface area contributed by atoms with Gasteiger partial charge in [-0.3, -0.25) is 0 Å². The maximum atomic E-state index is 12.6. The van der Waals surface area contributed by atoms with Crippen molar-refractivity contribution < 1.29 is 22.3 Å². The fraction of sp³-hybridized carbons (Fsp3) is 0.400. The van der Waals surface area contributed by atoms with E-state index in [0.29, 0.717) is 0 Å². The highest BCUT2D eigenvalue weighted by Crippen LogP contribution is 2.36. The predicted octanol–water partition coefficient (Wildman–Crippen LogP) is 3.11. The number of halogens is 5. The Morgan fingerprint density at radius 1 is 1.35 bits per heavy atom. The van der Waals surface area contributed by atoms with Gasteiger partial charge in [0.1, 0.15) is 12.4 Å². The third-order valence-corrected chi connectivity index (χ3v) is 2.13. The lowest BCUT2D eigenvalue weighted by molar-refractivity contribution is -0.138. The Bertz CT molecular complexity index is 370. The molecule has 0 fully saturated rings. The van der Waals surface area contributed by atoms with Crippen molar-refractivity contribution in [3.63, 3.8) is 0 Å². The Morgan fingerprint density at radius 2 is 1.94 bits per heavy atom. The van der Waals surface area contributed by atoms with Gasteiger partial charge in [0.15, 0.2) is 0 Å². The number of benzene rings is 1. The van der Waals surface area contributed by atoms with E-state index < -0.39 is 24.5 Å². The number of hydrogen-bond donors (Lipinski definition) is 1. The fourth-order valence-corrected chi connectivity index (χ4v) is 1.31. The molecule has 2 nitrogen and oxygen atoms in total. The molecule has 0 aliphatic carbocycles. The molecular formula is C10H12ClF4NO. The Kier molecular flexibility index (Phi) is 5.71. The van der Waals surface area contributed by atoms with E-state index in [4.69, 9.17) is 5.73 Å². The Labute approximate surface area is 102 Å². The van der Waals surface area contributed by atoms with Crippen LogP contribution in [-0.4, -0.2) is 13.8 Å². The zero-order valence-electron chi connectivity index (χ0n) is 8.92. The first-order valence-electron chi connectivity index (χ1n) is 4.46. The Balaban J connectivity index is 0.00000256. The van der Waals surface area contributed by atoms with Crippen molar-refractivity contribution in [1.82, 2.24) is 0 Å². The molecule has 0 saturated heterocycles. The molecule has 0 aliphatic heterocycles. The summed E-state index contributed by atoms with van der Waals surface area (Å²) in [5.41, 5.74) is 4.04. The third-order valence-electron chi connectivity index (χ3n) is 2.13. The lowest BCUT2D eigenvalue weighted by Gasteiger charge is -2.17. The molecule has 1 aromatic carbocycles. The Morgan fingerprint density at radius 3 is 2.35 bits per heavy atom. The summed E-state index contributed by atoms with van der Waals surface area (Å²) in [6, 6.07) is 1.99. The van der Waals surface area contributed by atoms with E-state index in [1.807, 2.05) is 0 Å². The normalized spacial score (nSPS) is 12.8. The first-order chi connectivity index (χ1) is 7.40. The average molecular weight is 274 g/mol. The maximum absolute atomic E-state index is 12.6. The minimum Gasteiger partial charge on any atom is -0.497 e. The number of alkyl halides is 4. The summed E-state index contributed by atoms with van der Waals surface area (Å²) >= 11 is 0. The van der Waals surface area contributed by atoms with E-state index >= 15 is 0 Å². The predicted molar refractivity (Wildman–Crippen MR) is 58.1 cm³/mol. The van der Waals surface area contributed by atoms with Gasteiger partial charge in [0.2, 0.25) is 0 Å². The number of hydrogen-bond acceptors (Lipinski definition) is 2. The van der Waals surface area contributed by atoms with Gasteiger partial charge in [0.05, 0.1) is 18.7 Å². The van der Waals surface area contributed by atoms with Crippen LogP contribution in [0.25, 0.3) is 0 Å². The Hall–Kier alpha value is -1.01. The van der Waals surface area contributed by atoms with Gasteiger partial charge in [-0.05, 0) is 17.7 Å². The molecule has 98 valence electrons. The van der Waals surface area contributed by atoms with E-state index in [1.165, 1.54) is 13.2 Å². The summed E-state index contributed by atoms with van der Waals surface area (Å²) in [5.74, 6) is 0.0575. The highest BCUT2D eigenvalue weighted by molar-refractivity contribution is 5.85. The molecule has 1 atom stereocenters. The topological polar surface area (TPSA) is 35.2 Å². The third kappa shape index (κ3) is 3.74. The molecule has 0 spiro atoms. The molecule has 2 N–H and O–H groups in total. The molecule has 0 unspecified atom stereocenters. The highest BCUT2D eigenvalue weighted by Gasteiger charge is 2.35. The molecule has 7 heteroatoms. The summed E-state index contributed by atoms with van der Waals surface area (Å²) in [4.78, 5) is 0. The van der Waals surface area contributed by atoms with Gasteiger partial charge in [0.25, 0.3) is 0 Å². The maximum Gasteiger partial charge on any atom is 0.416 e. The highest BCUT2D eigenvalue weighted by atomic mass is 35.5. The van der Waals surface area contributed by atoms with E-state index in [1.54, 1.807) is 0 Å². The van der Waals surface area contributed by atoms with Crippen LogP contribution in [0.2, 0.25) is 0 Å². The fourth-order valence-electron chi connectivity index (χ4n) is 1.31. The number of rotatable bonds is 3. The minimum atomic E-state index is -4.57. The van der Waals surface area contributed by atoms with E-state index in [2.05, 4.69) is 4.74 Å². The van der Waals surface area contributed by atoms with E-state index in [9.17, 15) is 17.6 Å². The summed E-state index contributed by atoms with van der Waals surface area (Å²) in [6.45, 7) is -1.05. The largest absolute Gasteiger partial charge is 0.497 e. The van der Waals surface area contributed by atoms with Crippen LogP contribution in [0, 0.1) is 0 Å². The molecule has 0 heterocycles. The van der Waals surface area contributed by atoms with Gasteiger partial charge in [0, 0.05) is 0 Å². The molecule has 0 saturated carbocycles. The summed E-state index contributed by atoms with van der Waals surface area (Å²) < 4.78 is 54.9. The molecule has 1 aromatic rings. The minimum absolute atomic E-state index is 0. The van der Waals surface area contributed by atoms with Crippen molar-refractivity contribution in [2.75, 3.05) is 13.8 Å². The summed E-state index contributed by atoms with van der Waals surface area (Å²) in [5, 5.41) is 0. The summed E-state index contributed by atoms with van der Waals surface area (Å²) in [7, 11) is 1.25. The molecule has 0 bridgehead atoms. The zero-order chi connectivity index (χ0) is 12.3. The number of nitrogens with two attached hydrogens (primary N) is 1. The van der Waals surface area contributed by atoms with Crippen molar-refractivity contribution in [3.8, 4) is 5.75 Å². The quantitative estimate of drug-likeness (QED) is 0.859. The molecule has 0 aliphatic rings. The van der Waals surface area contributed by atoms with E-state index in [0.717, 1.165) is 12.1 Å². The van der Waals surface area contributed by atoms with Gasteiger partial charge < -0.3 is 10.5 Å². The molecule has 17 heavy (non-hydrogen) atoms. The molecule has 0 amide bonds. The van der Waals surface area contributed by atoms with Gasteiger partial charge in [-0.25, -0.2) is 4.39 Å². The molecular weight excluding hydrogens is 262 g/mol. The van der Waals surface area contributed by atoms with Crippen molar-refractivity contribution in [3.05, 3.63) is 29.3 Å². The SMILES string of the molecule is COc1ccc([C@H](N)CF)c(C(F)(F)F)c1.Cl. The van der Waals surface area contributed by atoms with Gasteiger partial charge in [-0.15, -0.1) is 12.4 Å². The van der Waals surface area contributed by atoms with Crippen LogP contribution in [-0.2, 0) is 6.18 Å². The van der Waals surface area contributed by atoms with Crippen LogP contribution in [0.3, 0.4) is 0 Å². The van der Waals surface area contributed by atoms with Crippen LogP contribution < -0.4 is 10.5 Å². The molecule has 0 aromatic heterocycles. The second-order valence-electron chi connectivity index (χ2n) is 3.21. The van der Waals surface area contributed by atoms with Crippen molar-refractivity contribution in [1.29, 1.82) is 0 Å².